The first-order chi connectivity index (χ1) is 11.7. The number of likely N-dealkylation sites (tertiary alicyclic amines) is 2. The van der Waals surface area contributed by atoms with Gasteiger partial charge in [0, 0.05) is 39.3 Å². The van der Waals surface area contributed by atoms with Crippen molar-refractivity contribution in [3.63, 3.8) is 0 Å². The van der Waals surface area contributed by atoms with E-state index in [-0.39, 0.29) is 23.8 Å². The molecule has 24 heavy (non-hydrogen) atoms. The zero-order chi connectivity index (χ0) is 17.0. The highest BCUT2D eigenvalue weighted by molar-refractivity contribution is 5.84. The van der Waals surface area contributed by atoms with Crippen LogP contribution in [-0.4, -0.2) is 73.9 Å². The molecule has 138 valence electrons. The second-order valence-corrected chi connectivity index (χ2v) is 8.19. The fraction of sp³-hybridized carbons (Fsp3) is 0.947. The standard InChI is InChI=1S/C19H34N2O3/c1-24-15-19(7-6-8-19)18(23)21-12-16(17(13-21)14-22)11-20-9-4-2-3-5-10-20/h16-17,22H,2-15H2,1H3/t16-,17-/m1/s1. The second-order valence-electron chi connectivity index (χ2n) is 8.19. The third-order valence-electron chi connectivity index (χ3n) is 6.47. The van der Waals surface area contributed by atoms with E-state index in [2.05, 4.69) is 4.90 Å². The number of methoxy groups -OCH3 is 1. The summed E-state index contributed by atoms with van der Waals surface area (Å²) >= 11 is 0. The molecule has 2 aliphatic heterocycles. The first kappa shape index (κ1) is 18.2. The van der Waals surface area contributed by atoms with E-state index in [1.165, 1.54) is 38.8 Å². The van der Waals surface area contributed by atoms with Crippen LogP contribution >= 0.6 is 0 Å². The Bertz CT molecular complexity index is 417. The predicted molar refractivity (Wildman–Crippen MR) is 93.7 cm³/mol. The zero-order valence-electron chi connectivity index (χ0n) is 15.2. The summed E-state index contributed by atoms with van der Waals surface area (Å²) in [7, 11) is 1.69. The zero-order valence-corrected chi connectivity index (χ0v) is 15.2. The summed E-state index contributed by atoms with van der Waals surface area (Å²) in [4.78, 5) is 17.6. The van der Waals surface area contributed by atoms with Gasteiger partial charge in [0.15, 0.2) is 0 Å². The number of hydrogen-bond donors (Lipinski definition) is 1. The Morgan fingerprint density at radius 3 is 2.29 bits per heavy atom. The average molecular weight is 338 g/mol. The fourth-order valence-electron chi connectivity index (χ4n) is 4.80. The van der Waals surface area contributed by atoms with Crippen LogP contribution in [0.25, 0.3) is 0 Å². The average Bonchev–Trinajstić information content (AvgIpc) is 2.77. The van der Waals surface area contributed by atoms with Crippen LogP contribution in [0.2, 0.25) is 0 Å². The van der Waals surface area contributed by atoms with Gasteiger partial charge >= 0.3 is 0 Å². The molecule has 3 aliphatic rings. The quantitative estimate of drug-likeness (QED) is 0.802. The molecule has 2 heterocycles. The SMILES string of the molecule is COCC1(C(=O)N2C[C@@H](CN3CCCCCC3)[C@@H](CO)C2)CCC1. The Balaban J connectivity index is 1.60. The molecule has 0 radical (unpaired) electrons. The molecule has 0 aromatic carbocycles. The first-order valence-corrected chi connectivity index (χ1v) is 9.80. The van der Waals surface area contributed by atoms with Gasteiger partial charge in [-0.2, -0.15) is 0 Å². The van der Waals surface area contributed by atoms with Gasteiger partial charge < -0.3 is 19.6 Å². The normalized spacial score (nSPS) is 30.8. The summed E-state index contributed by atoms with van der Waals surface area (Å²) in [5.74, 6) is 0.918. The van der Waals surface area contributed by atoms with Gasteiger partial charge in [0.1, 0.15) is 0 Å². The van der Waals surface area contributed by atoms with Crippen molar-refractivity contribution in [1.29, 1.82) is 0 Å². The van der Waals surface area contributed by atoms with Gasteiger partial charge in [-0.1, -0.05) is 19.3 Å². The van der Waals surface area contributed by atoms with E-state index in [0.717, 1.165) is 38.9 Å². The van der Waals surface area contributed by atoms with Crippen LogP contribution in [0, 0.1) is 17.3 Å². The molecular weight excluding hydrogens is 304 g/mol. The Kier molecular flexibility index (Phi) is 6.17. The summed E-state index contributed by atoms with van der Waals surface area (Å²) < 4.78 is 5.34. The number of aliphatic hydroxyl groups excluding tert-OH is 1. The third kappa shape index (κ3) is 3.78. The lowest BCUT2D eigenvalue weighted by Gasteiger charge is -2.42. The molecule has 1 N–H and O–H groups in total. The number of rotatable bonds is 6. The monoisotopic (exact) mass is 338 g/mol. The number of hydrogen-bond acceptors (Lipinski definition) is 4. The molecule has 0 aromatic heterocycles. The molecule has 5 heteroatoms. The van der Waals surface area contributed by atoms with Gasteiger partial charge in [-0.15, -0.1) is 0 Å². The topological polar surface area (TPSA) is 53.0 Å². The van der Waals surface area contributed by atoms with E-state index in [0.29, 0.717) is 12.5 Å². The number of carbonyl (C=O) groups excluding carboxylic acids is 1. The van der Waals surface area contributed by atoms with Crippen molar-refractivity contribution in [2.75, 3.05) is 53.0 Å². The Morgan fingerprint density at radius 1 is 1.08 bits per heavy atom. The molecule has 3 fully saturated rings. The molecular formula is C19H34N2O3. The third-order valence-corrected chi connectivity index (χ3v) is 6.47. The van der Waals surface area contributed by atoms with Crippen molar-refractivity contribution in [1.82, 2.24) is 9.80 Å². The largest absolute Gasteiger partial charge is 0.396 e. The minimum Gasteiger partial charge on any atom is -0.396 e. The smallest absolute Gasteiger partial charge is 0.231 e. The second kappa shape index (κ2) is 8.15. The van der Waals surface area contributed by atoms with Gasteiger partial charge in [0.25, 0.3) is 0 Å². The Labute approximate surface area is 146 Å². The fourth-order valence-corrected chi connectivity index (χ4v) is 4.80. The van der Waals surface area contributed by atoms with Crippen LogP contribution in [0.5, 0.6) is 0 Å². The summed E-state index contributed by atoms with van der Waals surface area (Å²) in [6.07, 6.45) is 8.30. The summed E-state index contributed by atoms with van der Waals surface area (Å²) in [6.45, 7) is 5.66. The number of amides is 1. The van der Waals surface area contributed by atoms with Crippen molar-refractivity contribution in [3.05, 3.63) is 0 Å². The minimum absolute atomic E-state index is 0.194. The summed E-state index contributed by atoms with van der Waals surface area (Å²) in [5, 5.41) is 9.82. The van der Waals surface area contributed by atoms with Gasteiger partial charge in [0.05, 0.1) is 12.0 Å². The van der Waals surface area contributed by atoms with Crippen LogP contribution in [0.1, 0.15) is 44.9 Å². The molecule has 2 saturated heterocycles. The van der Waals surface area contributed by atoms with Crippen LogP contribution in [0.4, 0.5) is 0 Å². The number of aliphatic hydroxyl groups is 1. The molecule has 2 atom stereocenters. The van der Waals surface area contributed by atoms with E-state index in [1.807, 2.05) is 4.90 Å². The van der Waals surface area contributed by atoms with Gasteiger partial charge in [-0.3, -0.25) is 4.79 Å². The molecule has 1 aliphatic carbocycles. The lowest BCUT2D eigenvalue weighted by Crippen LogP contribution is -2.50. The van der Waals surface area contributed by atoms with E-state index < -0.39 is 0 Å². The number of carbonyl (C=O) groups is 1. The van der Waals surface area contributed by atoms with Crippen LogP contribution in [-0.2, 0) is 9.53 Å². The molecule has 0 unspecified atom stereocenters. The number of ether oxygens (including phenoxy) is 1. The van der Waals surface area contributed by atoms with E-state index in [1.54, 1.807) is 7.11 Å². The maximum atomic E-state index is 13.0. The first-order valence-electron chi connectivity index (χ1n) is 9.80. The van der Waals surface area contributed by atoms with E-state index in [9.17, 15) is 9.90 Å². The predicted octanol–water partition coefficient (Wildman–Crippen LogP) is 1.75. The molecule has 0 aromatic rings. The molecule has 5 nitrogen and oxygen atoms in total. The maximum absolute atomic E-state index is 13.0. The molecule has 1 saturated carbocycles. The molecule has 3 rings (SSSR count). The number of nitrogens with zero attached hydrogens (tertiary/aromatic N) is 2. The summed E-state index contributed by atoms with van der Waals surface area (Å²) in [6, 6.07) is 0. The van der Waals surface area contributed by atoms with Gasteiger partial charge in [-0.25, -0.2) is 0 Å². The Hall–Kier alpha value is -0.650. The minimum atomic E-state index is -0.272. The maximum Gasteiger partial charge on any atom is 0.231 e. The van der Waals surface area contributed by atoms with Crippen LogP contribution in [0.3, 0.4) is 0 Å². The van der Waals surface area contributed by atoms with Crippen molar-refractivity contribution in [3.8, 4) is 0 Å². The Morgan fingerprint density at radius 2 is 1.75 bits per heavy atom. The van der Waals surface area contributed by atoms with Gasteiger partial charge in [0.2, 0.25) is 5.91 Å². The van der Waals surface area contributed by atoms with E-state index >= 15 is 0 Å². The van der Waals surface area contributed by atoms with E-state index in [4.69, 9.17) is 4.74 Å². The van der Waals surface area contributed by atoms with Crippen LogP contribution < -0.4 is 0 Å². The highest BCUT2D eigenvalue weighted by Crippen LogP contribution is 2.44. The van der Waals surface area contributed by atoms with Crippen molar-refractivity contribution >= 4 is 5.91 Å². The highest BCUT2D eigenvalue weighted by Gasteiger charge is 2.49. The highest BCUT2D eigenvalue weighted by atomic mass is 16.5. The molecule has 0 bridgehead atoms. The summed E-state index contributed by atoms with van der Waals surface area (Å²) in [5.41, 5.74) is -0.272. The molecule has 1 amide bonds. The lowest BCUT2D eigenvalue weighted by molar-refractivity contribution is -0.151. The molecule has 0 spiro atoms. The van der Waals surface area contributed by atoms with Crippen molar-refractivity contribution in [2.45, 2.75) is 44.9 Å². The lowest BCUT2D eigenvalue weighted by atomic mass is 9.68. The van der Waals surface area contributed by atoms with Gasteiger partial charge in [-0.05, 0) is 44.7 Å². The van der Waals surface area contributed by atoms with Crippen molar-refractivity contribution < 1.29 is 14.6 Å². The van der Waals surface area contributed by atoms with Crippen LogP contribution in [0.15, 0.2) is 0 Å². The van der Waals surface area contributed by atoms with Crippen molar-refractivity contribution in [2.24, 2.45) is 17.3 Å².